The monoisotopic (exact) mass is 388 g/mol. The van der Waals surface area contributed by atoms with Crippen LogP contribution in [0.25, 0.3) is 22.3 Å². The number of phenols is 1. The van der Waals surface area contributed by atoms with Gasteiger partial charge in [0.2, 0.25) is 0 Å². The molecule has 0 aliphatic carbocycles. The third-order valence-corrected chi connectivity index (χ3v) is 5.09. The summed E-state index contributed by atoms with van der Waals surface area (Å²) in [5.41, 5.74) is 0.389. The van der Waals surface area contributed by atoms with E-state index in [1.165, 1.54) is 18.2 Å². The Morgan fingerprint density at radius 1 is 1.37 bits per heavy atom. The SMILES string of the molecule is CN1CCC[C@H]1COc1ncc2cc(Cl)c(-c3c(O)cccc3F)nc2n1. The molecule has 1 fully saturated rings. The molecule has 1 aliphatic heterocycles. The number of pyridine rings is 1. The molecule has 0 amide bonds. The summed E-state index contributed by atoms with van der Waals surface area (Å²) in [4.78, 5) is 15.1. The number of ether oxygens (including phenoxy) is 1. The number of hydrogen-bond donors (Lipinski definition) is 1. The van der Waals surface area contributed by atoms with E-state index < -0.39 is 5.82 Å². The van der Waals surface area contributed by atoms with Crippen molar-refractivity contribution >= 4 is 22.6 Å². The van der Waals surface area contributed by atoms with E-state index in [1.54, 1.807) is 12.3 Å². The summed E-state index contributed by atoms with van der Waals surface area (Å²) in [5, 5.41) is 10.8. The van der Waals surface area contributed by atoms with Crippen LogP contribution in [0.2, 0.25) is 5.02 Å². The van der Waals surface area contributed by atoms with Crippen LogP contribution in [0.1, 0.15) is 12.8 Å². The number of fused-ring (bicyclic) bond motifs is 1. The zero-order chi connectivity index (χ0) is 19.0. The summed E-state index contributed by atoms with van der Waals surface area (Å²) in [7, 11) is 2.07. The minimum absolute atomic E-state index is 0.0574. The minimum Gasteiger partial charge on any atom is -0.507 e. The second-order valence-corrected chi connectivity index (χ2v) is 7.01. The summed E-state index contributed by atoms with van der Waals surface area (Å²) in [6.07, 6.45) is 3.80. The Labute approximate surface area is 160 Å². The molecule has 0 spiro atoms. The van der Waals surface area contributed by atoms with Crippen molar-refractivity contribution in [3.63, 3.8) is 0 Å². The number of nitrogens with zero attached hydrogens (tertiary/aromatic N) is 4. The van der Waals surface area contributed by atoms with Crippen molar-refractivity contribution in [1.29, 1.82) is 0 Å². The normalized spacial score (nSPS) is 17.5. The third kappa shape index (κ3) is 3.52. The van der Waals surface area contributed by atoms with Crippen molar-refractivity contribution in [2.45, 2.75) is 18.9 Å². The van der Waals surface area contributed by atoms with Gasteiger partial charge >= 0.3 is 6.01 Å². The van der Waals surface area contributed by atoms with Gasteiger partial charge in [-0.15, -0.1) is 0 Å². The molecule has 3 heterocycles. The first-order valence-corrected chi connectivity index (χ1v) is 9.05. The number of halogens is 2. The molecule has 1 aliphatic rings. The highest BCUT2D eigenvalue weighted by Crippen LogP contribution is 2.36. The summed E-state index contributed by atoms with van der Waals surface area (Å²) in [6.45, 7) is 1.55. The van der Waals surface area contributed by atoms with Gasteiger partial charge in [-0.3, -0.25) is 0 Å². The maximum Gasteiger partial charge on any atom is 0.318 e. The molecule has 0 saturated carbocycles. The van der Waals surface area contributed by atoms with E-state index in [4.69, 9.17) is 16.3 Å². The van der Waals surface area contributed by atoms with Crippen molar-refractivity contribution in [3.8, 4) is 23.0 Å². The van der Waals surface area contributed by atoms with E-state index in [1.807, 2.05) is 0 Å². The first-order chi connectivity index (χ1) is 13.0. The van der Waals surface area contributed by atoms with Gasteiger partial charge in [0.25, 0.3) is 0 Å². The van der Waals surface area contributed by atoms with Crippen LogP contribution >= 0.6 is 11.6 Å². The second-order valence-electron chi connectivity index (χ2n) is 6.61. The highest BCUT2D eigenvalue weighted by atomic mass is 35.5. The first kappa shape index (κ1) is 17.9. The lowest BCUT2D eigenvalue weighted by Crippen LogP contribution is -2.30. The third-order valence-electron chi connectivity index (χ3n) is 4.80. The molecule has 27 heavy (non-hydrogen) atoms. The van der Waals surface area contributed by atoms with Crippen LogP contribution in [0.3, 0.4) is 0 Å². The lowest BCUT2D eigenvalue weighted by molar-refractivity contribution is 0.188. The molecule has 0 bridgehead atoms. The van der Waals surface area contributed by atoms with Crippen LogP contribution in [0, 0.1) is 5.82 Å². The van der Waals surface area contributed by atoms with Gasteiger partial charge in [0.15, 0.2) is 5.65 Å². The lowest BCUT2D eigenvalue weighted by Gasteiger charge is -2.18. The van der Waals surface area contributed by atoms with Gasteiger partial charge in [-0.05, 0) is 44.6 Å². The van der Waals surface area contributed by atoms with Crippen LogP contribution in [0.5, 0.6) is 11.8 Å². The molecule has 4 rings (SSSR count). The fourth-order valence-corrected chi connectivity index (χ4v) is 3.53. The van der Waals surface area contributed by atoms with Crippen LogP contribution in [-0.4, -0.2) is 51.2 Å². The Kier molecular flexibility index (Phi) is 4.80. The van der Waals surface area contributed by atoms with Crippen molar-refractivity contribution in [3.05, 3.63) is 41.3 Å². The Hall–Kier alpha value is -2.51. The average Bonchev–Trinajstić information content (AvgIpc) is 3.05. The fourth-order valence-electron chi connectivity index (χ4n) is 3.27. The molecule has 1 atom stereocenters. The number of benzene rings is 1. The van der Waals surface area contributed by atoms with E-state index in [0.29, 0.717) is 23.7 Å². The summed E-state index contributed by atoms with van der Waals surface area (Å²) in [6, 6.07) is 6.18. The summed E-state index contributed by atoms with van der Waals surface area (Å²) in [5.74, 6) is -0.850. The molecule has 1 saturated heterocycles. The number of aromatic hydroxyl groups is 1. The predicted octanol–water partition coefficient (Wildman–Crippen LogP) is 3.66. The minimum atomic E-state index is -0.612. The Balaban J connectivity index is 1.67. The Morgan fingerprint density at radius 2 is 2.22 bits per heavy atom. The van der Waals surface area contributed by atoms with Crippen molar-refractivity contribution in [2.24, 2.45) is 0 Å². The summed E-state index contributed by atoms with van der Waals surface area (Å²) >= 11 is 6.25. The zero-order valence-electron chi connectivity index (χ0n) is 14.7. The van der Waals surface area contributed by atoms with E-state index in [0.717, 1.165) is 19.4 Å². The van der Waals surface area contributed by atoms with Gasteiger partial charge in [-0.25, -0.2) is 14.4 Å². The Morgan fingerprint density at radius 3 is 2.96 bits per heavy atom. The molecular formula is C19H18ClFN4O2. The van der Waals surface area contributed by atoms with Crippen molar-refractivity contribution in [1.82, 2.24) is 19.9 Å². The van der Waals surface area contributed by atoms with Crippen LogP contribution < -0.4 is 4.74 Å². The lowest BCUT2D eigenvalue weighted by atomic mass is 10.1. The summed E-state index contributed by atoms with van der Waals surface area (Å²) < 4.78 is 19.9. The van der Waals surface area contributed by atoms with E-state index in [9.17, 15) is 9.50 Å². The number of aromatic nitrogens is 3. The van der Waals surface area contributed by atoms with E-state index in [2.05, 4.69) is 26.9 Å². The fraction of sp³-hybridized carbons (Fsp3) is 0.316. The number of likely N-dealkylation sites (tertiary alicyclic amines) is 1. The van der Waals surface area contributed by atoms with E-state index >= 15 is 0 Å². The number of phenolic OH excluding ortho intramolecular Hbond substituents is 1. The predicted molar refractivity (Wildman–Crippen MR) is 101 cm³/mol. The van der Waals surface area contributed by atoms with Gasteiger partial charge in [0.05, 0.1) is 16.3 Å². The van der Waals surface area contributed by atoms with Gasteiger partial charge < -0.3 is 14.7 Å². The number of rotatable bonds is 4. The molecule has 1 aromatic carbocycles. The molecule has 1 N–H and O–H groups in total. The molecule has 0 unspecified atom stereocenters. The number of likely N-dealkylation sites (N-methyl/N-ethyl adjacent to an activating group) is 1. The molecule has 3 aromatic rings. The highest BCUT2D eigenvalue weighted by Gasteiger charge is 2.22. The largest absolute Gasteiger partial charge is 0.507 e. The number of hydrogen-bond acceptors (Lipinski definition) is 6. The molecule has 140 valence electrons. The van der Waals surface area contributed by atoms with Crippen LogP contribution in [-0.2, 0) is 0 Å². The van der Waals surface area contributed by atoms with Crippen LogP contribution in [0.4, 0.5) is 4.39 Å². The molecule has 6 nitrogen and oxygen atoms in total. The highest BCUT2D eigenvalue weighted by molar-refractivity contribution is 6.33. The maximum atomic E-state index is 14.2. The van der Waals surface area contributed by atoms with Crippen LogP contribution in [0.15, 0.2) is 30.5 Å². The van der Waals surface area contributed by atoms with Gasteiger partial charge in [0, 0.05) is 17.6 Å². The molecular weight excluding hydrogens is 371 g/mol. The van der Waals surface area contributed by atoms with Gasteiger partial charge in [-0.1, -0.05) is 17.7 Å². The topological polar surface area (TPSA) is 71.4 Å². The second kappa shape index (κ2) is 7.25. The quantitative estimate of drug-likeness (QED) is 0.735. The smallest absolute Gasteiger partial charge is 0.318 e. The Bertz CT molecular complexity index is 981. The van der Waals surface area contributed by atoms with Gasteiger partial charge in [0.1, 0.15) is 18.2 Å². The standard InChI is InChI=1S/C19H18ClFN4O2/c1-25-7-3-4-12(25)10-27-19-22-9-11-8-13(20)17(23-18(11)24-19)16-14(21)5-2-6-15(16)26/h2,5-6,8-9,12,26H,3-4,7,10H2,1H3/t12-/m0/s1. The molecule has 2 aromatic heterocycles. The zero-order valence-corrected chi connectivity index (χ0v) is 15.4. The first-order valence-electron chi connectivity index (χ1n) is 8.67. The average molecular weight is 389 g/mol. The van der Waals surface area contributed by atoms with Crippen molar-refractivity contribution in [2.75, 3.05) is 20.2 Å². The van der Waals surface area contributed by atoms with E-state index in [-0.39, 0.29) is 28.0 Å². The van der Waals surface area contributed by atoms with Gasteiger partial charge in [-0.2, -0.15) is 4.98 Å². The molecule has 8 heteroatoms. The molecule has 0 radical (unpaired) electrons. The van der Waals surface area contributed by atoms with Crippen molar-refractivity contribution < 1.29 is 14.2 Å². The maximum absolute atomic E-state index is 14.2.